The number of halogens is 3. The van der Waals surface area contributed by atoms with Crippen molar-refractivity contribution in [2.75, 3.05) is 0 Å². The highest BCUT2D eigenvalue weighted by molar-refractivity contribution is 6.05. The van der Waals surface area contributed by atoms with Crippen molar-refractivity contribution in [1.29, 1.82) is 0 Å². The molecule has 3 aromatic heterocycles. The minimum Gasteiger partial charge on any atom is -0.493 e. The lowest BCUT2D eigenvalue weighted by atomic mass is 10.1. The molecule has 4 rings (SSSR count). The number of pyridine rings is 2. The van der Waals surface area contributed by atoms with Crippen LogP contribution in [0, 0.1) is 0 Å². The maximum absolute atomic E-state index is 13.2. The number of aromatic hydroxyl groups is 1. The molecule has 8 nitrogen and oxygen atoms in total. The Labute approximate surface area is 185 Å². The summed E-state index contributed by atoms with van der Waals surface area (Å²) >= 11 is 0. The molecule has 0 bridgehead atoms. The van der Waals surface area contributed by atoms with Crippen LogP contribution < -0.4 is 10.1 Å². The first kappa shape index (κ1) is 22.1. The zero-order valence-corrected chi connectivity index (χ0v) is 17.3. The molecule has 33 heavy (non-hydrogen) atoms. The van der Waals surface area contributed by atoms with E-state index in [0.717, 1.165) is 6.20 Å². The average molecular weight is 457 g/mol. The summed E-state index contributed by atoms with van der Waals surface area (Å²) in [7, 11) is 1.60. The molecule has 0 aliphatic heterocycles. The number of ether oxygens (including phenoxy) is 1. The van der Waals surface area contributed by atoms with Gasteiger partial charge in [0.1, 0.15) is 18.1 Å². The van der Waals surface area contributed by atoms with E-state index in [1.165, 1.54) is 22.9 Å². The molecule has 0 spiro atoms. The zero-order chi connectivity index (χ0) is 23.6. The van der Waals surface area contributed by atoms with E-state index in [-0.39, 0.29) is 36.0 Å². The highest BCUT2D eigenvalue weighted by Gasteiger charge is 2.35. The van der Waals surface area contributed by atoms with Crippen molar-refractivity contribution >= 4 is 16.8 Å². The van der Waals surface area contributed by atoms with E-state index in [0.29, 0.717) is 16.6 Å². The molecule has 0 saturated carbocycles. The maximum Gasteiger partial charge on any atom is 0.433 e. The number of fused-ring (bicyclic) bond motifs is 1. The standard InChI is InChI=1S/C22H18F3N5O3/c1-30-19(21(32)27-11-14-5-2-6-18(31)28-14)16-10-15(7-8-17(16)29-30)33-12-13-4-3-9-26-20(13)22(23,24)25/h2-10H,11-12H2,1H3,(H,27,32)(H,28,31). The predicted molar refractivity (Wildman–Crippen MR) is 111 cm³/mol. The largest absolute Gasteiger partial charge is 0.493 e. The highest BCUT2D eigenvalue weighted by atomic mass is 19.4. The van der Waals surface area contributed by atoms with Crippen LogP contribution in [0.1, 0.15) is 27.4 Å². The number of aromatic nitrogens is 4. The van der Waals surface area contributed by atoms with Gasteiger partial charge in [0.05, 0.1) is 17.8 Å². The quantitative estimate of drug-likeness (QED) is 0.459. The van der Waals surface area contributed by atoms with Gasteiger partial charge in [-0.15, -0.1) is 0 Å². The third kappa shape index (κ3) is 4.86. The minimum absolute atomic E-state index is 0.0807. The number of alkyl halides is 3. The van der Waals surface area contributed by atoms with Gasteiger partial charge in [-0.3, -0.25) is 14.5 Å². The maximum atomic E-state index is 13.2. The van der Waals surface area contributed by atoms with Crippen molar-refractivity contribution < 1.29 is 27.8 Å². The van der Waals surface area contributed by atoms with E-state index in [4.69, 9.17) is 4.74 Å². The SMILES string of the molecule is Cn1nc2ccc(OCc3cccnc3C(F)(F)F)cc2c1C(=O)NCc1cccc(O)n1. The van der Waals surface area contributed by atoms with Gasteiger partial charge in [0.25, 0.3) is 5.91 Å². The van der Waals surface area contributed by atoms with Crippen molar-refractivity contribution in [3.8, 4) is 11.6 Å². The van der Waals surface area contributed by atoms with Gasteiger partial charge in [-0.25, -0.2) is 4.98 Å². The fourth-order valence-electron chi connectivity index (χ4n) is 3.33. The summed E-state index contributed by atoms with van der Waals surface area (Å²) in [6.07, 6.45) is -3.52. The number of carbonyl (C=O) groups is 1. The molecule has 0 unspecified atom stereocenters. The summed E-state index contributed by atoms with van der Waals surface area (Å²) in [5.41, 5.74) is 0.118. The van der Waals surface area contributed by atoms with Gasteiger partial charge >= 0.3 is 6.18 Å². The fraction of sp³-hybridized carbons (Fsp3) is 0.182. The van der Waals surface area contributed by atoms with Crippen LogP contribution in [0.5, 0.6) is 11.6 Å². The first-order valence-corrected chi connectivity index (χ1v) is 9.76. The van der Waals surface area contributed by atoms with Gasteiger partial charge in [-0.2, -0.15) is 18.3 Å². The Balaban J connectivity index is 1.54. The number of aryl methyl sites for hydroxylation is 1. The number of benzene rings is 1. The van der Waals surface area contributed by atoms with Crippen LogP contribution in [0.4, 0.5) is 13.2 Å². The molecule has 11 heteroatoms. The summed E-state index contributed by atoms with van der Waals surface area (Å²) in [4.78, 5) is 20.1. The first-order valence-electron chi connectivity index (χ1n) is 9.76. The molecule has 1 amide bonds. The fourth-order valence-corrected chi connectivity index (χ4v) is 3.33. The molecule has 0 radical (unpaired) electrons. The summed E-state index contributed by atoms with van der Waals surface area (Å²) < 4.78 is 46.4. The Hall–Kier alpha value is -4.15. The Morgan fingerprint density at radius 1 is 1.18 bits per heavy atom. The van der Waals surface area contributed by atoms with Crippen LogP contribution in [0.15, 0.2) is 54.7 Å². The molecular formula is C22H18F3N5O3. The molecule has 0 saturated heterocycles. The van der Waals surface area contributed by atoms with Crippen LogP contribution in [0.25, 0.3) is 10.9 Å². The molecule has 4 aromatic rings. The molecule has 0 aliphatic carbocycles. The number of hydrogen-bond acceptors (Lipinski definition) is 6. The van der Waals surface area contributed by atoms with Gasteiger partial charge in [0.2, 0.25) is 5.88 Å². The topological polar surface area (TPSA) is 102 Å². The number of carbonyl (C=O) groups excluding carboxylic acids is 1. The van der Waals surface area contributed by atoms with Crippen LogP contribution in [0.3, 0.4) is 0 Å². The van der Waals surface area contributed by atoms with E-state index in [2.05, 4.69) is 20.4 Å². The summed E-state index contributed by atoms with van der Waals surface area (Å²) in [5, 5.41) is 16.9. The van der Waals surface area contributed by atoms with Crippen LogP contribution in [0.2, 0.25) is 0 Å². The molecule has 0 atom stereocenters. The van der Waals surface area contributed by atoms with Crippen LogP contribution in [-0.4, -0.2) is 30.8 Å². The smallest absolute Gasteiger partial charge is 0.433 e. The summed E-state index contributed by atoms with van der Waals surface area (Å²) in [5.74, 6) is -0.318. The number of nitrogens with zero attached hydrogens (tertiary/aromatic N) is 4. The highest BCUT2D eigenvalue weighted by Crippen LogP contribution is 2.31. The Bertz CT molecular complexity index is 1320. The van der Waals surface area contributed by atoms with Crippen LogP contribution >= 0.6 is 0 Å². The molecule has 3 heterocycles. The molecule has 170 valence electrons. The zero-order valence-electron chi connectivity index (χ0n) is 17.3. The average Bonchev–Trinajstić information content (AvgIpc) is 3.10. The van der Waals surface area contributed by atoms with E-state index in [1.54, 1.807) is 37.4 Å². The van der Waals surface area contributed by atoms with E-state index < -0.39 is 17.8 Å². The van der Waals surface area contributed by atoms with Crippen molar-refractivity contribution in [2.24, 2.45) is 7.05 Å². The predicted octanol–water partition coefficient (Wildman–Crippen LogP) is 3.60. The number of hydrogen-bond donors (Lipinski definition) is 2. The number of amides is 1. The molecular weight excluding hydrogens is 439 g/mol. The summed E-state index contributed by atoms with van der Waals surface area (Å²) in [6, 6.07) is 12.1. The van der Waals surface area contributed by atoms with E-state index in [1.807, 2.05) is 0 Å². The van der Waals surface area contributed by atoms with Gasteiger partial charge in [0.15, 0.2) is 5.69 Å². The van der Waals surface area contributed by atoms with Gasteiger partial charge in [-0.05, 0) is 30.3 Å². The van der Waals surface area contributed by atoms with Crippen molar-refractivity contribution in [3.05, 3.63) is 77.4 Å². The van der Waals surface area contributed by atoms with Crippen molar-refractivity contribution in [1.82, 2.24) is 25.1 Å². The lowest BCUT2D eigenvalue weighted by Crippen LogP contribution is -2.25. The van der Waals surface area contributed by atoms with Gasteiger partial charge in [0, 0.05) is 30.3 Å². The first-order chi connectivity index (χ1) is 15.7. The second-order valence-corrected chi connectivity index (χ2v) is 7.12. The molecule has 2 N–H and O–H groups in total. The minimum atomic E-state index is -4.59. The summed E-state index contributed by atoms with van der Waals surface area (Å²) in [6.45, 7) is -0.267. The van der Waals surface area contributed by atoms with E-state index >= 15 is 0 Å². The normalized spacial score (nSPS) is 11.5. The molecule has 0 aliphatic rings. The van der Waals surface area contributed by atoms with Crippen LogP contribution in [-0.2, 0) is 26.4 Å². The lowest BCUT2D eigenvalue weighted by molar-refractivity contribution is -0.142. The third-order valence-electron chi connectivity index (χ3n) is 4.80. The molecule has 1 aromatic carbocycles. The van der Waals surface area contributed by atoms with Crippen molar-refractivity contribution in [3.63, 3.8) is 0 Å². The third-order valence-corrected chi connectivity index (χ3v) is 4.80. The number of nitrogens with one attached hydrogen (secondary N) is 1. The van der Waals surface area contributed by atoms with Gasteiger partial charge in [-0.1, -0.05) is 12.1 Å². The Kier molecular flexibility index (Phi) is 5.86. The Morgan fingerprint density at radius 2 is 2.00 bits per heavy atom. The second-order valence-electron chi connectivity index (χ2n) is 7.12. The lowest BCUT2D eigenvalue weighted by Gasteiger charge is -2.12. The monoisotopic (exact) mass is 457 g/mol. The Morgan fingerprint density at radius 3 is 2.76 bits per heavy atom. The second kappa shape index (κ2) is 8.77. The molecule has 0 fully saturated rings. The van der Waals surface area contributed by atoms with Crippen molar-refractivity contribution in [2.45, 2.75) is 19.3 Å². The van der Waals surface area contributed by atoms with E-state index in [9.17, 15) is 23.1 Å². The number of rotatable bonds is 6. The van der Waals surface area contributed by atoms with Gasteiger partial charge < -0.3 is 15.2 Å².